The molecule has 1 aliphatic carbocycles. The SMILES string of the molecule is O=C1CCCCC1(Br)C(=O)c1ccccc1. The number of halogens is 1. The molecule has 1 saturated carbocycles. The van der Waals surface area contributed by atoms with Crippen LogP contribution in [0.3, 0.4) is 0 Å². The van der Waals surface area contributed by atoms with Crippen LogP contribution in [0.15, 0.2) is 30.3 Å². The van der Waals surface area contributed by atoms with E-state index >= 15 is 0 Å². The molecule has 1 fully saturated rings. The lowest BCUT2D eigenvalue weighted by Crippen LogP contribution is -2.42. The lowest BCUT2D eigenvalue weighted by atomic mass is 9.82. The summed E-state index contributed by atoms with van der Waals surface area (Å²) >= 11 is 3.36. The molecular formula is C13H13BrO2. The monoisotopic (exact) mass is 280 g/mol. The fourth-order valence-corrected chi connectivity index (χ4v) is 2.76. The summed E-state index contributed by atoms with van der Waals surface area (Å²) in [7, 11) is 0. The molecule has 1 unspecified atom stereocenters. The molecule has 1 aromatic rings. The van der Waals surface area contributed by atoms with E-state index in [1.165, 1.54) is 0 Å². The first-order valence-corrected chi connectivity index (χ1v) is 6.26. The highest BCUT2D eigenvalue weighted by atomic mass is 79.9. The van der Waals surface area contributed by atoms with Gasteiger partial charge >= 0.3 is 0 Å². The quantitative estimate of drug-likeness (QED) is 0.474. The number of Topliss-reactive ketones (excluding diaryl/α,β-unsaturated/α-hetero) is 2. The summed E-state index contributed by atoms with van der Waals surface area (Å²) in [6, 6.07) is 9.01. The summed E-state index contributed by atoms with van der Waals surface area (Å²) in [6.07, 6.45) is 2.94. The first kappa shape index (κ1) is 11.5. The Bertz CT molecular complexity index is 413. The highest BCUT2D eigenvalue weighted by Gasteiger charge is 2.44. The van der Waals surface area contributed by atoms with Gasteiger partial charge in [-0.2, -0.15) is 0 Å². The fraction of sp³-hybridized carbons (Fsp3) is 0.385. The van der Waals surface area contributed by atoms with Gasteiger partial charge in [0.25, 0.3) is 0 Å². The number of ketones is 2. The average molecular weight is 281 g/mol. The molecule has 84 valence electrons. The second-order valence-electron chi connectivity index (χ2n) is 4.13. The highest BCUT2D eigenvalue weighted by molar-refractivity contribution is 9.10. The van der Waals surface area contributed by atoms with Crippen LogP contribution in [0.2, 0.25) is 0 Å². The minimum atomic E-state index is -0.966. The van der Waals surface area contributed by atoms with Crippen LogP contribution in [0.4, 0.5) is 0 Å². The molecule has 0 spiro atoms. The Balaban J connectivity index is 2.30. The molecule has 0 aromatic heterocycles. The standard InChI is InChI=1S/C13H13BrO2/c14-13(9-5-4-8-11(13)15)12(16)10-6-2-1-3-7-10/h1-3,6-7H,4-5,8-9H2. The van der Waals surface area contributed by atoms with E-state index in [0.29, 0.717) is 18.4 Å². The number of carbonyl (C=O) groups is 2. The van der Waals surface area contributed by atoms with Gasteiger partial charge in [-0.1, -0.05) is 52.7 Å². The molecule has 0 radical (unpaired) electrons. The predicted molar refractivity (Wildman–Crippen MR) is 65.9 cm³/mol. The van der Waals surface area contributed by atoms with E-state index in [2.05, 4.69) is 15.9 Å². The third-order valence-electron chi connectivity index (χ3n) is 3.01. The average Bonchev–Trinajstić information content (AvgIpc) is 2.33. The van der Waals surface area contributed by atoms with E-state index < -0.39 is 4.32 Å². The minimum absolute atomic E-state index is 0.0209. The summed E-state index contributed by atoms with van der Waals surface area (Å²) < 4.78 is -0.966. The second-order valence-corrected chi connectivity index (χ2v) is 5.48. The van der Waals surface area contributed by atoms with Gasteiger partial charge in [-0.3, -0.25) is 9.59 Å². The third-order valence-corrected chi connectivity index (χ3v) is 4.21. The number of carbonyl (C=O) groups excluding carboxylic acids is 2. The number of benzene rings is 1. The van der Waals surface area contributed by atoms with Gasteiger partial charge in [0.15, 0.2) is 11.6 Å². The highest BCUT2D eigenvalue weighted by Crippen LogP contribution is 2.35. The van der Waals surface area contributed by atoms with E-state index in [-0.39, 0.29) is 11.6 Å². The van der Waals surface area contributed by atoms with Crippen molar-refractivity contribution in [2.24, 2.45) is 0 Å². The fourth-order valence-electron chi connectivity index (χ4n) is 2.05. The Morgan fingerprint density at radius 2 is 1.88 bits per heavy atom. The van der Waals surface area contributed by atoms with E-state index in [1.54, 1.807) is 12.1 Å². The van der Waals surface area contributed by atoms with Crippen molar-refractivity contribution < 1.29 is 9.59 Å². The Morgan fingerprint density at radius 1 is 1.19 bits per heavy atom. The van der Waals surface area contributed by atoms with Crippen LogP contribution in [-0.2, 0) is 4.79 Å². The van der Waals surface area contributed by atoms with Crippen LogP contribution >= 0.6 is 15.9 Å². The van der Waals surface area contributed by atoms with Gasteiger partial charge < -0.3 is 0 Å². The van der Waals surface area contributed by atoms with Crippen LogP contribution in [0, 0.1) is 0 Å². The zero-order chi connectivity index (χ0) is 11.6. The van der Waals surface area contributed by atoms with Crippen LogP contribution < -0.4 is 0 Å². The maximum atomic E-state index is 12.3. The largest absolute Gasteiger partial charge is 0.298 e. The van der Waals surface area contributed by atoms with Gasteiger partial charge in [0.2, 0.25) is 0 Å². The molecule has 16 heavy (non-hydrogen) atoms. The molecule has 0 amide bonds. The number of alkyl halides is 1. The lowest BCUT2D eigenvalue weighted by Gasteiger charge is -2.28. The van der Waals surface area contributed by atoms with E-state index in [4.69, 9.17) is 0 Å². The maximum absolute atomic E-state index is 12.3. The van der Waals surface area contributed by atoms with Gasteiger partial charge in [0, 0.05) is 12.0 Å². The van der Waals surface area contributed by atoms with Crippen molar-refractivity contribution in [3.63, 3.8) is 0 Å². The molecule has 0 saturated heterocycles. The minimum Gasteiger partial charge on any atom is -0.298 e. The lowest BCUT2D eigenvalue weighted by molar-refractivity contribution is -0.121. The zero-order valence-corrected chi connectivity index (χ0v) is 10.5. The Hall–Kier alpha value is -0.960. The molecule has 0 heterocycles. The molecule has 1 aliphatic rings. The Morgan fingerprint density at radius 3 is 2.50 bits per heavy atom. The smallest absolute Gasteiger partial charge is 0.187 e. The third kappa shape index (κ3) is 1.96. The molecule has 2 rings (SSSR count). The molecule has 0 N–H and O–H groups in total. The first-order valence-electron chi connectivity index (χ1n) is 5.47. The molecule has 3 heteroatoms. The molecule has 1 atom stereocenters. The van der Waals surface area contributed by atoms with Crippen LogP contribution in [0.25, 0.3) is 0 Å². The molecule has 1 aromatic carbocycles. The van der Waals surface area contributed by atoms with Gasteiger partial charge in [-0.15, -0.1) is 0 Å². The number of rotatable bonds is 2. The van der Waals surface area contributed by atoms with Gasteiger partial charge in [0.1, 0.15) is 4.32 Å². The van der Waals surface area contributed by atoms with Crippen molar-refractivity contribution >= 4 is 27.5 Å². The molecular weight excluding hydrogens is 268 g/mol. The summed E-state index contributed by atoms with van der Waals surface area (Å²) in [5.41, 5.74) is 0.606. The van der Waals surface area contributed by atoms with Crippen molar-refractivity contribution in [2.75, 3.05) is 0 Å². The van der Waals surface area contributed by atoms with Crippen molar-refractivity contribution in [3.05, 3.63) is 35.9 Å². The zero-order valence-electron chi connectivity index (χ0n) is 8.91. The predicted octanol–water partition coefficient (Wildman–Crippen LogP) is 3.15. The summed E-state index contributed by atoms with van der Waals surface area (Å²) in [6.45, 7) is 0. The Kier molecular flexibility index (Phi) is 3.24. The first-order chi connectivity index (χ1) is 7.64. The van der Waals surface area contributed by atoms with Crippen molar-refractivity contribution in [2.45, 2.75) is 30.0 Å². The van der Waals surface area contributed by atoms with Crippen molar-refractivity contribution in [1.29, 1.82) is 0 Å². The van der Waals surface area contributed by atoms with Crippen molar-refractivity contribution in [3.8, 4) is 0 Å². The summed E-state index contributed by atoms with van der Waals surface area (Å²) in [4.78, 5) is 24.1. The summed E-state index contributed by atoms with van der Waals surface area (Å²) in [5, 5.41) is 0. The Labute approximate surface area is 103 Å². The van der Waals surface area contributed by atoms with E-state index in [0.717, 1.165) is 12.8 Å². The number of hydrogen-bond donors (Lipinski definition) is 0. The van der Waals surface area contributed by atoms with Crippen molar-refractivity contribution in [1.82, 2.24) is 0 Å². The maximum Gasteiger partial charge on any atom is 0.187 e. The molecule has 0 aliphatic heterocycles. The normalized spacial score (nSPS) is 25.4. The van der Waals surface area contributed by atoms with E-state index in [1.807, 2.05) is 18.2 Å². The molecule has 0 bridgehead atoms. The second kappa shape index (κ2) is 4.50. The summed E-state index contributed by atoms with van der Waals surface area (Å²) in [5.74, 6) is -0.0783. The van der Waals surface area contributed by atoms with E-state index in [9.17, 15) is 9.59 Å². The topological polar surface area (TPSA) is 34.1 Å². The van der Waals surface area contributed by atoms with Gasteiger partial charge in [0.05, 0.1) is 0 Å². The van der Waals surface area contributed by atoms with Gasteiger partial charge in [-0.25, -0.2) is 0 Å². The number of hydrogen-bond acceptors (Lipinski definition) is 2. The van der Waals surface area contributed by atoms with Crippen LogP contribution in [-0.4, -0.2) is 15.9 Å². The van der Waals surface area contributed by atoms with Crippen LogP contribution in [0.1, 0.15) is 36.0 Å². The molecule has 2 nitrogen and oxygen atoms in total. The van der Waals surface area contributed by atoms with Crippen LogP contribution in [0.5, 0.6) is 0 Å². The van der Waals surface area contributed by atoms with Gasteiger partial charge in [-0.05, 0) is 12.8 Å².